The van der Waals surface area contributed by atoms with Crippen LogP contribution < -0.4 is 0 Å². The summed E-state index contributed by atoms with van der Waals surface area (Å²) in [5.74, 6) is -0.834. The molecule has 0 unspecified atom stereocenters. The minimum atomic E-state index is -0.366. The quantitative estimate of drug-likeness (QED) is 0.659. The maximum atomic E-state index is 13.1. The molecule has 1 atom stereocenters. The van der Waals surface area contributed by atoms with Crippen molar-refractivity contribution in [1.82, 2.24) is 9.88 Å². The van der Waals surface area contributed by atoms with Crippen molar-refractivity contribution in [3.8, 4) is 0 Å². The number of aromatic nitrogens is 1. The number of nitrogens with zero attached hydrogens (tertiary/aromatic N) is 2. The number of Topliss-reactive ketones (excluding diaryl/α,β-unsaturated/α-hetero) is 1. The second-order valence-electron chi connectivity index (χ2n) is 6.85. The second-order valence-corrected chi connectivity index (χ2v) is 6.85. The molecule has 136 valence electrons. The van der Waals surface area contributed by atoms with E-state index in [0.29, 0.717) is 24.3 Å². The maximum Gasteiger partial charge on any atom is 0.272 e. The number of benzene rings is 2. The first kappa shape index (κ1) is 17.3. The first-order chi connectivity index (χ1) is 13.1. The molecule has 2 heterocycles. The van der Waals surface area contributed by atoms with Crippen molar-refractivity contribution < 1.29 is 14.0 Å². The second kappa shape index (κ2) is 7.27. The number of halogens is 1. The summed E-state index contributed by atoms with van der Waals surface area (Å²) in [5.41, 5.74) is 1.66. The zero-order valence-corrected chi connectivity index (χ0v) is 14.8. The molecular formula is C22H19FN2O2. The molecule has 4 rings (SSSR count). The topological polar surface area (TPSA) is 50.3 Å². The highest BCUT2D eigenvalue weighted by atomic mass is 19.1. The number of rotatable bonds is 3. The van der Waals surface area contributed by atoms with Gasteiger partial charge in [0.2, 0.25) is 0 Å². The molecule has 0 N–H and O–H groups in total. The fraction of sp³-hybridized carbons (Fsp3) is 0.227. The number of pyridine rings is 1. The summed E-state index contributed by atoms with van der Waals surface area (Å²) in [6.45, 7) is 0.976. The van der Waals surface area contributed by atoms with Gasteiger partial charge in [0.25, 0.3) is 5.91 Å². The summed E-state index contributed by atoms with van der Waals surface area (Å²) in [6, 6.07) is 16.9. The lowest BCUT2D eigenvalue weighted by Crippen LogP contribution is -2.42. The lowest BCUT2D eigenvalue weighted by molar-refractivity contribution is 0.0632. The van der Waals surface area contributed by atoms with E-state index in [1.54, 1.807) is 11.0 Å². The van der Waals surface area contributed by atoms with Gasteiger partial charge in [0.15, 0.2) is 5.78 Å². The predicted octanol–water partition coefficient (Wildman–Crippen LogP) is 4.11. The van der Waals surface area contributed by atoms with Gasteiger partial charge in [-0.1, -0.05) is 24.3 Å². The Labute approximate surface area is 156 Å². The molecule has 4 nitrogen and oxygen atoms in total. The van der Waals surface area contributed by atoms with Crippen molar-refractivity contribution in [3.63, 3.8) is 0 Å². The van der Waals surface area contributed by atoms with E-state index in [9.17, 15) is 14.0 Å². The molecule has 1 aliphatic heterocycles. The number of piperidine rings is 1. The molecule has 2 aromatic carbocycles. The molecule has 0 aliphatic carbocycles. The third-order valence-electron chi connectivity index (χ3n) is 5.03. The number of amides is 1. The van der Waals surface area contributed by atoms with Crippen LogP contribution in [0.5, 0.6) is 0 Å². The van der Waals surface area contributed by atoms with Crippen LogP contribution in [0, 0.1) is 11.7 Å². The predicted molar refractivity (Wildman–Crippen MR) is 101 cm³/mol. The Bertz CT molecular complexity index is 1000. The Morgan fingerprint density at radius 1 is 1.00 bits per heavy atom. The van der Waals surface area contributed by atoms with E-state index < -0.39 is 0 Å². The van der Waals surface area contributed by atoms with E-state index in [-0.39, 0.29) is 23.4 Å². The van der Waals surface area contributed by atoms with E-state index in [0.717, 1.165) is 23.7 Å². The molecule has 0 radical (unpaired) electrons. The Balaban J connectivity index is 1.52. The molecule has 27 heavy (non-hydrogen) atoms. The minimum absolute atomic E-state index is 0.0426. The van der Waals surface area contributed by atoms with Crippen molar-refractivity contribution in [2.75, 3.05) is 13.1 Å². The van der Waals surface area contributed by atoms with Gasteiger partial charge in [-0.3, -0.25) is 9.59 Å². The first-order valence-corrected chi connectivity index (χ1v) is 9.07. The van der Waals surface area contributed by atoms with Crippen molar-refractivity contribution in [2.45, 2.75) is 12.8 Å². The van der Waals surface area contributed by atoms with E-state index in [1.165, 1.54) is 24.3 Å². The molecule has 3 aromatic rings. The van der Waals surface area contributed by atoms with E-state index in [1.807, 2.05) is 30.3 Å². The maximum absolute atomic E-state index is 13.1. The zero-order valence-electron chi connectivity index (χ0n) is 14.8. The number of hydrogen-bond acceptors (Lipinski definition) is 3. The number of likely N-dealkylation sites (tertiary alicyclic amines) is 1. The molecule has 0 bridgehead atoms. The van der Waals surface area contributed by atoms with Crippen molar-refractivity contribution in [3.05, 3.63) is 77.7 Å². The molecule has 5 heteroatoms. The molecule has 0 spiro atoms. The average Bonchev–Trinajstić information content (AvgIpc) is 2.73. The number of fused-ring (bicyclic) bond motifs is 1. The molecule has 1 aromatic heterocycles. The Morgan fingerprint density at radius 2 is 1.78 bits per heavy atom. The summed E-state index contributed by atoms with van der Waals surface area (Å²) in [4.78, 5) is 31.8. The molecule has 1 amide bonds. The van der Waals surface area contributed by atoms with Gasteiger partial charge in [-0.15, -0.1) is 0 Å². The Kier molecular flexibility index (Phi) is 4.67. The summed E-state index contributed by atoms with van der Waals surface area (Å²) in [7, 11) is 0. The van der Waals surface area contributed by atoms with Gasteiger partial charge in [0.1, 0.15) is 11.5 Å². The molecule has 1 aliphatic rings. The van der Waals surface area contributed by atoms with Crippen LogP contribution in [0.25, 0.3) is 10.9 Å². The highest BCUT2D eigenvalue weighted by molar-refractivity contribution is 5.99. The number of carbonyl (C=O) groups is 2. The summed E-state index contributed by atoms with van der Waals surface area (Å²) < 4.78 is 13.1. The van der Waals surface area contributed by atoms with Crippen LogP contribution in [0.2, 0.25) is 0 Å². The van der Waals surface area contributed by atoms with E-state index >= 15 is 0 Å². The lowest BCUT2D eigenvalue weighted by atomic mass is 9.90. The fourth-order valence-electron chi connectivity index (χ4n) is 3.57. The smallest absolute Gasteiger partial charge is 0.272 e. The number of ketones is 1. The fourth-order valence-corrected chi connectivity index (χ4v) is 3.57. The third-order valence-corrected chi connectivity index (χ3v) is 5.03. The largest absolute Gasteiger partial charge is 0.337 e. The Morgan fingerprint density at radius 3 is 2.59 bits per heavy atom. The van der Waals surface area contributed by atoms with E-state index in [4.69, 9.17) is 0 Å². The minimum Gasteiger partial charge on any atom is -0.337 e. The number of carbonyl (C=O) groups excluding carboxylic acids is 2. The van der Waals surface area contributed by atoms with E-state index in [2.05, 4.69) is 4.98 Å². The SMILES string of the molecule is O=C(c1ccc(F)cc1)[C@H]1CCCN(C(=O)c2ccc3ccccc3n2)C1. The number of para-hydroxylation sites is 1. The summed E-state index contributed by atoms with van der Waals surface area (Å²) in [6.07, 6.45) is 1.49. The average molecular weight is 362 g/mol. The Hall–Kier alpha value is -3.08. The van der Waals surface area contributed by atoms with Gasteiger partial charge in [-0.05, 0) is 49.2 Å². The van der Waals surface area contributed by atoms with Crippen LogP contribution in [-0.2, 0) is 0 Å². The van der Waals surface area contributed by atoms with Gasteiger partial charge in [0.05, 0.1) is 5.52 Å². The molecule has 1 saturated heterocycles. The zero-order chi connectivity index (χ0) is 18.8. The first-order valence-electron chi connectivity index (χ1n) is 9.07. The summed E-state index contributed by atoms with van der Waals surface area (Å²) in [5, 5.41) is 0.983. The molecule has 0 saturated carbocycles. The highest BCUT2D eigenvalue weighted by Crippen LogP contribution is 2.23. The van der Waals surface area contributed by atoms with Crippen molar-refractivity contribution >= 4 is 22.6 Å². The van der Waals surface area contributed by atoms with Crippen LogP contribution in [0.15, 0.2) is 60.7 Å². The van der Waals surface area contributed by atoms with Crippen LogP contribution in [0.1, 0.15) is 33.7 Å². The van der Waals surface area contributed by atoms with Crippen molar-refractivity contribution in [1.29, 1.82) is 0 Å². The van der Waals surface area contributed by atoms with Crippen molar-refractivity contribution in [2.24, 2.45) is 5.92 Å². The van der Waals surface area contributed by atoms with Gasteiger partial charge in [-0.25, -0.2) is 9.37 Å². The highest BCUT2D eigenvalue weighted by Gasteiger charge is 2.30. The van der Waals surface area contributed by atoms with Gasteiger partial charge in [0, 0.05) is 30.0 Å². The van der Waals surface area contributed by atoms with Crippen LogP contribution in [0.4, 0.5) is 4.39 Å². The van der Waals surface area contributed by atoms with Crippen LogP contribution in [0.3, 0.4) is 0 Å². The monoisotopic (exact) mass is 362 g/mol. The number of hydrogen-bond donors (Lipinski definition) is 0. The van der Waals surface area contributed by atoms with Crippen LogP contribution in [-0.4, -0.2) is 34.7 Å². The summed E-state index contributed by atoms with van der Waals surface area (Å²) >= 11 is 0. The molecule has 1 fully saturated rings. The van der Waals surface area contributed by atoms with Gasteiger partial charge in [-0.2, -0.15) is 0 Å². The third kappa shape index (κ3) is 3.58. The standard InChI is InChI=1S/C22H19FN2O2/c23-18-10-7-16(8-11-18)21(26)17-5-3-13-25(14-17)22(27)20-12-9-15-4-1-2-6-19(15)24-20/h1-2,4,6-12,17H,3,5,13-14H2/t17-/m0/s1. The van der Waals surface area contributed by atoms with Gasteiger partial charge >= 0.3 is 0 Å². The molecular weight excluding hydrogens is 343 g/mol. The van der Waals surface area contributed by atoms with Gasteiger partial charge < -0.3 is 4.90 Å². The van der Waals surface area contributed by atoms with Crippen LogP contribution >= 0.6 is 0 Å². The lowest BCUT2D eigenvalue weighted by Gasteiger charge is -2.32. The normalized spacial score (nSPS) is 17.1.